The first-order chi connectivity index (χ1) is 6.36. The Balaban J connectivity index is 2.25. The third-order valence-corrected chi connectivity index (χ3v) is 2.41. The molecule has 13 heavy (non-hydrogen) atoms. The van der Waals surface area contributed by atoms with Gasteiger partial charge in [0.15, 0.2) is 0 Å². The van der Waals surface area contributed by atoms with E-state index in [1.54, 1.807) is 20.5 Å². The summed E-state index contributed by atoms with van der Waals surface area (Å²) in [6.07, 6.45) is 10.5. The maximum atomic E-state index is 4.99. The van der Waals surface area contributed by atoms with Gasteiger partial charge in [0.25, 0.3) is 0 Å². The second-order valence-electron chi connectivity index (χ2n) is 3.46. The fraction of sp³-hybridized carbons (Fsp3) is 0.636. The van der Waals surface area contributed by atoms with Gasteiger partial charge in [0.1, 0.15) is 0 Å². The van der Waals surface area contributed by atoms with Crippen LogP contribution >= 0.6 is 0 Å². The minimum Gasteiger partial charge on any atom is -0.505 e. The number of hydrogen-bond acceptors (Lipinski definition) is 2. The van der Waals surface area contributed by atoms with Crippen molar-refractivity contribution in [1.82, 2.24) is 0 Å². The molecule has 0 saturated heterocycles. The molecule has 1 unspecified atom stereocenters. The first kappa shape index (κ1) is 10.2. The second-order valence-corrected chi connectivity index (χ2v) is 3.46. The Kier molecular flexibility index (Phi) is 4.44. The average molecular weight is 182 g/mol. The van der Waals surface area contributed by atoms with Crippen molar-refractivity contribution >= 4 is 0 Å². The molecule has 1 rings (SSSR count). The molecule has 1 saturated carbocycles. The summed E-state index contributed by atoms with van der Waals surface area (Å²) in [4.78, 5) is 0. The van der Waals surface area contributed by atoms with Gasteiger partial charge >= 0.3 is 0 Å². The normalized spacial score (nSPS) is 25.7. The van der Waals surface area contributed by atoms with Gasteiger partial charge in [-0.1, -0.05) is 0 Å². The number of hydrogen-bond donors (Lipinski definition) is 0. The molecule has 1 aliphatic rings. The molecule has 1 fully saturated rings. The zero-order valence-corrected chi connectivity index (χ0v) is 8.45. The van der Waals surface area contributed by atoms with E-state index in [0.717, 1.165) is 12.3 Å². The lowest BCUT2D eigenvalue weighted by molar-refractivity contribution is 0.332. The van der Waals surface area contributed by atoms with Gasteiger partial charge in [0.2, 0.25) is 0 Å². The average Bonchev–Trinajstić information content (AvgIpc) is 2.54. The maximum Gasteiger partial charge on any atom is 0.0816 e. The molecule has 0 bridgehead atoms. The fourth-order valence-electron chi connectivity index (χ4n) is 1.78. The van der Waals surface area contributed by atoms with Crippen molar-refractivity contribution in [3.63, 3.8) is 0 Å². The van der Waals surface area contributed by atoms with Gasteiger partial charge in [0.05, 0.1) is 26.7 Å². The Labute approximate surface area is 80.2 Å². The van der Waals surface area contributed by atoms with Crippen LogP contribution < -0.4 is 0 Å². The summed E-state index contributed by atoms with van der Waals surface area (Å²) < 4.78 is 9.85. The third-order valence-electron chi connectivity index (χ3n) is 2.41. The Morgan fingerprint density at radius 2 is 2.23 bits per heavy atom. The lowest BCUT2D eigenvalue weighted by Crippen LogP contribution is -1.89. The molecule has 2 heteroatoms. The van der Waals surface area contributed by atoms with Gasteiger partial charge in [-0.15, -0.1) is 0 Å². The molecular weight excluding hydrogens is 164 g/mol. The predicted octanol–water partition coefficient (Wildman–Crippen LogP) is 2.87. The van der Waals surface area contributed by atoms with Crippen LogP contribution in [0.25, 0.3) is 0 Å². The number of allylic oxidation sites excluding steroid dienone is 2. The summed E-state index contributed by atoms with van der Waals surface area (Å²) in [5.74, 6) is 0.785. The van der Waals surface area contributed by atoms with Crippen molar-refractivity contribution in [1.29, 1.82) is 0 Å². The minimum atomic E-state index is 0.785. The standard InChI is InChI=1S/C11H18O2/c1-12-7-3-4-10-5-6-11(8-10)9-13-2/h3,7,9-10H,4-6,8H2,1-2H3/b7-3+,11-9+. The van der Waals surface area contributed by atoms with Crippen molar-refractivity contribution in [2.75, 3.05) is 14.2 Å². The zero-order chi connectivity index (χ0) is 9.52. The van der Waals surface area contributed by atoms with Crippen molar-refractivity contribution in [3.8, 4) is 0 Å². The topological polar surface area (TPSA) is 18.5 Å². The quantitative estimate of drug-likeness (QED) is 0.622. The summed E-state index contributed by atoms with van der Waals surface area (Å²) in [6.45, 7) is 0. The van der Waals surface area contributed by atoms with Crippen molar-refractivity contribution in [3.05, 3.63) is 24.2 Å². The first-order valence-electron chi connectivity index (χ1n) is 4.75. The monoisotopic (exact) mass is 182 g/mol. The van der Waals surface area contributed by atoms with Gasteiger partial charge in [-0.3, -0.25) is 0 Å². The summed E-state index contributed by atoms with van der Waals surface area (Å²) >= 11 is 0. The molecular formula is C11H18O2. The Bertz CT molecular complexity index is 194. The predicted molar refractivity (Wildman–Crippen MR) is 53.2 cm³/mol. The van der Waals surface area contributed by atoms with Gasteiger partial charge in [-0.2, -0.15) is 0 Å². The lowest BCUT2D eigenvalue weighted by Gasteiger charge is -2.02. The van der Waals surface area contributed by atoms with Gasteiger partial charge < -0.3 is 9.47 Å². The summed E-state index contributed by atoms with van der Waals surface area (Å²) in [5, 5.41) is 0. The zero-order valence-electron chi connectivity index (χ0n) is 8.45. The van der Waals surface area contributed by atoms with E-state index in [9.17, 15) is 0 Å². The number of methoxy groups -OCH3 is 2. The van der Waals surface area contributed by atoms with E-state index in [0.29, 0.717) is 0 Å². The van der Waals surface area contributed by atoms with Crippen molar-refractivity contribution in [2.45, 2.75) is 25.7 Å². The van der Waals surface area contributed by atoms with Crippen LogP contribution in [0.4, 0.5) is 0 Å². The molecule has 1 atom stereocenters. The van der Waals surface area contributed by atoms with Gasteiger partial charge in [0, 0.05) is 0 Å². The first-order valence-corrected chi connectivity index (χ1v) is 4.75. The van der Waals surface area contributed by atoms with Crippen LogP contribution in [0.3, 0.4) is 0 Å². The van der Waals surface area contributed by atoms with Crippen LogP contribution in [-0.4, -0.2) is 14.2 Å². The van der Waals surface area contributed by atoms with E-state index >= 15 is 0 Å². The molecule has 0 aromatic carbocycles. The molecule has 0 heterocycles. The maximum absolute atomic E-state index is 4.99. The Morgan fingerprint density at radius 1 is 1.38 bits per heavy atom. The van der Waals surface area contributed by atoms with Crippen LogP contribution in [0.2, 0.25) is 0 Å². The van der Waals surface area contributed by atoms with Gasteiger partial charge in [-0.25, -0.2) is 0 Å². The van der Waals surface area contributed by atoms with E-state index in [4.69, 9.17) is 9.47 Å². The largest absolute Gasteiger partial charge is 0.505 e. The molecule has 2 nitrogen and oxygen atoms in total. The number of rotatable bonds is 4. The summed E-state index contributed by atoms with van der Waals surface area (Å²) in [6, 6.07) is 0. The van der Waals surface area contributed by atoms with E-state index in [2.05, 4.69) is 6.08 Å². The highest BCUT2D eigenvalue weighted by Crippen LogP contribution is 2.32. The van der Waals surface area contributed by atoms with Crippen LogP contribution in [0, 0.1) is 5.92 Å². The molecule has 1 aliphatic carbocycles. The van der Waals surface area contributed by atoms with E-state index in [-0.39, 0.29) is 0 Å². The molecule has 0 N–H and O–H groups in total. The molecule has 0 aromatic heterocycles. The van der Waals surface area contributed by atoms with Crippen molar-refractivity contribution in [2.24, 2.45) is 5.92 Å². The third kappa shape index (κ3) is 3.53. The molecule has 74 valence electrons. The molecule has 0 aromatic rings. The molecule has 0 spiro atoms. The molecule has 0 aliphatic heterocycles. The number of ether oxygens (including phenoxy) is 2. The van der Waals surface area contributed by atoms with E-state index in [1.807, 2.05) is 6.26 Å². The fourth-order valence-corrected chi connectivity index (χ4v) is 1.78. The highest BCUT2D eigenvalue weighted by Gasteiger charge is 2.18. The van der Waals surface area contributed by atoms with Crippen molar-refractivity contribution < 1.29 is 9.47 Å². The summed E-state index contributed by atoms with van der Waals surface area (Å²) in [5.41, 5.74) is 1.44. The molecule has 0 radical (unpaired) electrons. The second kappa shape index (κ2) is 5.68. The van der Waals surface area contributed by atoms with Gasteiger partial charge in [-0.05, 0) is 43.3 Å². The van der Waals surface area contributed by atoms with Crippen LogP contribution in [0.15, 0.2) is 24.2 Å². The molecule has 0 amide bonds. The summed E-state index contributed by atoms with van der Waals surface area (Å²) in [7, 11) is 3.40. The van der Waals surface area contributed by atoms with E-state index in [1.165, 1.54) is 24.8 Å². The Morgan fingerprint density at radius 3 is 2.92 bits per heavy atom. The highest BCUT2D eigenvalue weighted by molar-refractivity contribution is 5.06. The highest BCUT2D eigenvalue weighted by atomic mass is 16.5. The van der Waals surface area contributed by atoms with E-state index < -0.39 is 0 Å². The minimum absolute atomic E-state index is 0.785. The van der Waals surface area contributed by atoms with Crippen LogP contribution in [-0.2, 0) is 9.47 Å². The van der Waals surface area contributed by atoms with Crippen LogP contribution in [0.5, 0.6) is 0 Å². The SMILES string of the molecule is CO/C=C/CC1CC/C(=C\OC)C1. The lowest BCUT2D eigenvalue weighted by atomic mass is 10.0. The van der Waals surface area contributed by atoms with Crippen LogP contribution in [0.1, 0.15) is 25.7 Å². The Hall–Kier alpha value is -0.920. The smallest absolute Gasteiger partial charge is 0.0816 e.